The number of cyclic esters (lactones) is 1. The summed E-state index contributed by atoms with van der Waals surface area (Å²) < 4.78 is 6.32. The molecule has 1 fully saturated rings. The van der Waals surface area contributed by atoms with E-state index in [0.29, 0.717) is 18.6 Å². The Hall–Kier alpha value is -3.71. The molecular weight excluding hydrogens is 522 g/mol. The average molecular weight is 558 g/mol. The van der Waals surface area contributed by atoms with Crippen LogP contribution in [0.25, 0.3) is 0 Å². The number of ether oxygens (including phenoxy) is 1. The number of carbonyl (C=O) groups is 2. The number of carboxylic acid groups (broad SMARTS) is 1. The van der Waals surface area contributed by atoms with E-state index in [1.54, 1.807) is 4.90 Å². The molecule has 7 heteroatoms. The minimum Gasteiger partial charge on any atom is -0.511 e. The van der Waals surface area contributed by atoms with E-state index in [9.17, 15) is 19.8 Å². The lowest BCUT2D eigenvalue weighted by molar-refractivity contribution is -0.164. The molecule has 5 rings (SSSR count). The van der Waals surface area contributed by atoms with Gasteiger partial charge in [0.1, 0.15) is 16.3 Å². The molecule has 1 atom stereocenters. The first-order chi connectivity index (χ1) is 19.4. The molecule has 1 heterocycles. The molecule has 3 aromatic rings. The molecule has 1 amide bonds. The normalized spacial score (nSPS) is 20.2. The van der Waals surface area contributed by atoms with Crippen LogP contribution >= 0.6 is 11.8 Å². The Balaban J connectivity index is 1.46. The molecule has 2 N–H and O–H groups in total. The van der Waals surface area contributed by atoms with E-state index in [2.05, 4.69) is 0 Å². The van der Waals surface area contributed by atoms with E-state index in [0.717, 1.165) is 36.0 Å². The summed E-state index contributed by atoms with van der Waals surface area (Å²) in [4.78, 5) is 28.0. The smallest absolute Gasteiger partial charge is 0.408 e. The molecule has 1 aliphatic heterocycles. The molecule has 0 radical (unpaired) electrons. The standard InChI is InChI=1S/C33H35NO5S/c35-28-22-33(27-16-8-3-9-17-27,39-30(36)29(28)40-21-18-25-12-4-1-5-13-25)24-32(19-10-11-20-32)34(31(37)38)23-26-14-6-2-7-15-26/h1-9,12-17,35H,10-11,18-24H2,(H,37,38). The molecule has 0 saturated heterocycles. The number of esters is 1. The number of carbonyl (C=O) groups excluding carboxylic acids is 1. The van der Waals surface area contributed by atoms with Crippen LogP contribution in [0.5, 0.6) is 0 Å². The van der Waals surface area contributed by atoms with Gasteiger partial charge < -0.3 is 14.9 Å². The number of rotatable bonds is 10. The van der Waals surface area contributed by atoms with Crippen molar-refractivity contribution in [3.63, 3.8) is 0 Å². The Bertz CT molecular complexity index is 1340. The van der Waals surface area contributed by atoms with Gasteiger partial charge in [0.25, 0.3) is 0 Å². The molecule has 1 aliphatic carbocycles. The van der Waals surface area contributed by atoms with E-state index in [1.807, 2.05) is 91.0 Å². The number of hydrogen-bond donors (Lipinski definition) is 2. The van der Waals surface area contributed by atoms with Gasteiger partial charge in [-0.3, -0.25) is 4.90 Å². The largest absolute Gasteiger partial charge is 0.511 e. The third-order valence-corrected chi connectivity index (χ3v) is 9.20. The summed E-state index contributed by atoms with van der Waals surface area (Å²) in [6.45, 7) is 0.247. The molecule has 2 aliphatic rings. The number of nitrogens with zero attached hydrogens (tertiary/aromatic N) is 1. The first-order valence-corrected chi connectivity index (χ1v) is 14.8. The molecule has 208 valence electrons. The zero-order valence-electron chi connectivity index (χ0n) is 22.5. The Morgan fingerprint density at radius 2 is 1.45 bits per heavy atom. The topological polar surface area (TPSA) is 87.1 Å². The molecule has 0 aromatic heterocycles. The lowest BCUT2D eigenvalue weighted by Crippen LogP contribution is -2.54. The van der Waals surface area contributed by atoms with Gasteiger partial charge in [-0.1, -0.05) is 104 Å². The van der Waals surface area contributed by atoms with Crippen LogP contribution in [0.4, 0.5) is 4.79 Å². The van der Waals surface area contributed by atoms with Gasteiger partial charge in [0.2, 0.25) is 0 Å². The van der Waals surface area contributed by atoms with Crippen molar-refractivity contribution in [1.29, 1.82) is 0 Å². The highest BCUT2D eigenvalue weighted by Gasteiger charge is 2.53. The first kappa shape index (κ1) is 27.8. The Morgan fingerprint density at radius 3 is 2.02 bits per heavy atom. The summed E-state index contributed by atoms with van der Waals surface area (Å²) in [5.41, 5.74) is 0.912. The third-order valence-electron chi connectivity index (χ3n) is 8.10. The van der Waals surface area contributed by atoms with Gasteiger partial charge in [-0.05, 0) is 36.0 Å². The minimum atomic E-state index is -1.18. The van der Waals surface area contributed by atoms with Gasteiger partial charge in [-0.25, -0.2) is 9.59 Å². The zero-order chi connectivity index (χ0) is 28.0. The molecule has 0 bridgehead atoms. The fourth-order valence-corrected chi connectivity index (χ4v) is 7.14. The second-order valence-electron chi connectivity index (χ2n) is 10.7. The zero-order valence-corrected chi connectivity index (χ0v) is 23.3. The van der Waals surface area contributed by atoms with Gasteiger partial charge >= 0.3 is 12.1 Å². The lowest BCUT2D eigenvalue weighted by Gasteiger charge is -2.47. The van der Waals surface area contributed by atoms with Gasteiger partial charge in [-0.2, -0.15) is 0 Å². The molecule has 1 saturated carbocycles. The van der Waals surface area contributed by atoms with Crippen molar-refractivity contribution in [3.8, 4) is 0 Å². The van der Waals surface area contributed by atoms with Crippen molar-refractivity contribution in [1.82, 2.24) is 4.90 Å². The van der Waals surface area contributed by atoms with E-state index < -0.39 is 23.2 Å². The van der Waals surface area contributed by atoms with Crippen molar-refractivity contribution < 1.29 is 24.5 Å². The summed E-state index contributed by atoms with van der Waals surface area (Å²) in [6.07, 6.45) is 3.27. The van der Waals surface area contributed by atoms with Crippen LogP contribution in [0.2, 0.25) is 0 Å². The fourth-order valence-electron chi connectivity index (χ4n) is 6.20. The lowest BCUT2D eigenvalue weighted by atomic mass is 9.75. The summed E-state index contributed by atoms with van der Waals surface area (Å²) in [5, 5.41) is 21.7. The van der Waals surface area contributed by atoms with Crippen molar-refractivity contribution in [2.75, 3.05) is 5.75 Å². The second kappa shape index (κ2) is 12.2. The highest BCUT2D eigenvalue weighted by molar-refractivity contribution is 8.04. The quantitative estimate of drug-likeness (QED) is 0.252. The second-order valence-corrected chi connectivity index (χ2v) is 11.9. The van der Waals surface area contributed by atoms with Crippen molar-refractivity contribution in [2.45, 2.75) is 62.6 Å². The van der Waals surface area contributed by atoms with Crippen LogP contribution in [0.1, 0.15) is 55.2 Å². The number of aryl methyl sites for hydroxylation is 1. The first-order valence-electron chi connectivity index (χ1n) is 13.8. The van der Waals surface area contributed by atoms with Crippen molar-refractivity contribution in [2.24, 2.45) is 0 Å². The van der Waals surface area contributed by atoms with Crippen LogP contribution in [-0.4, -0.2) is 38.5 Å². The number of benzene rings is 3. The van der Waals surface area contributed by atoms with Gasteiger partial charge in [-0.15, -0.1) is 11.8 Å². The van der Waals surface area contributed by atoms with Crippen LogP contribution in [0.15, 0.2) is 102 Å². The number of aliphatic hydroxyl groups is 1. The molecule has 3 aromatic carbocycles. The Kier molecular flexibility index (Phi) is 8.50. The van der Waals surface area contributed by atoms with E-state index in [1.165, 1.54) is 11.8 Å². The molecule has 40 heavy (non-hydrogen) atoms. The van der Waals surface area contributed by atoms with Crippen molar-refractivity contribution >= 4 is 23.8 Å². The summed E-state index contributed by atoms with van der Waals surface area (Å²) in [7, 11) is 0. The maximum absolute atomic E-state index is 13.5. The summed E-state index contributed by atoms with van der Waals surface area (Å²) in [5.74, 6) is 0.0879. The monoisotopic (exact) mass is 557 g/mol. The molecular formula is C33H35NO5S. The maximum atomic E-state index is 13.5. The van der Waals surface area contributed by atoms with E-state index >= 15 is 0 Å². The minimum absolute atomic E-state index is 0.0104. The number of amides is 1. The fraction of sp³-hybridized carbons (Fsp3) is 0.333. The van der Waals surface area contributed by atoms with Crippen LogP contribution in [0.3, 0.4) is 0 Å². The molecule has 0 spiro atoms. The van der Waals surface area contributed by atoms with E-state index in [-0.39, 0.29) is 30.1 Å². The van der Waals surface area contributed by atoms with Gasteiger partial charge in [0.05, 0.1) is 12.0 Å². The predicted molar refractivity (Wildman–Crippen MR) is 157 cm³/mol. The number of aliphatic hydroxyl groups excluding tert-OH is 1. The van der Waals surface area contributed by atoms with E-state index in [4.69, 9.17) is 4.74 Å². The predicted octanol–water partition coefficient (Wildman–Crippen LogP) is 7.46. The number of thioether (sulfide) groups is 1. The van der Waals surface area contributed by atoms with Crippen LogP contribution < -0.4 is 0 Å². The Labute approximate surface area is 239 Å². The molecule has 6 nitrogen and oxygen atoms in total. The number of hydrogen-bond acceptors (Lipinski definition) is 5. The highest BCUT2D eigenvalue weighted by Crippen LogP contribution is 2.51. The average Bonchev–Trinajstić information content (AvgIpc) is 3.43. The van der Waals surface area contributed by atoms with Crippen molar-refractivity contribution in [3.05, 3.63) is 118 Å². The van der Waals surface area contributed by atoms with Crippen LogP contribution in [-0.2, 0) is 28.1 Å². The summed E-state index contributed by atoms with van der Waals surface area (Å²) in [6, 6.07) is 29.1. The maximum Gasteiger partial charge on any atom is 0.408 e. The highest BCUT2D eigenvalue weighted by atomic mass is 32.2. The van der Waals surface area contributed by atoms with Gasteiger partial charge in [0.15, 0.2) is 0 Å². The third kappa shape index (κ3) is 6.04. The molecule has 1 unspecified atom stereocenters. The SMILES string of the molecule is O=C1OC(CC2(N(Cc3ccccc3)C(=O)O)CCCC2)(c2ccccc2)CC(O)=C1SCCc1ccccc1. The Morgan fingerprint density at radius 1 is 0.875 bits per heavy atom. The van der Waals surface area contributed by atoms with Crippen LogP contribution in [0, 0.1) is 0 Å². The van der Waals surface area contributed by atoms with Gasteiger partial charge in [0, 0.05) is 18.7 Å². The summed E-state index contributed by atoms with van der Waals surface area (Å²) >= 11 is 1.31.